The predicted octanol–water partition coefficient (Wildman–Crippen LogP) is 5.43. The Morgan fingerprint density at radius 3 is 2.54 bits per heavy atom. The van der Waals surface area contributed by atoms with Gasteiger partial charge in [-0.2, -0.15) is 0 Å². The Balaban J connectivity index is 1.63. The summed E-state index contributed by atoms with van der Waals surface area (Å²) in [5, 5.41) is 0. The number of allylic oxidation sites excluding steroid dienone is 2. The number of ketones is 1. The van der Waals surface area contributed by atoms with E-state index in [9.17, 15) is 9.59 Å². The zero-order chi connectivity index (χ0) is 20.1. The molecule has 28 heavy (non-hydrogen) atoms. The Morgan fingerprint density at radius 2 is 1.82 bits per heavy atom. The third-order valence-electron chi connectivity index (χ3n) is 9.94. The van der Waals surface area contributed by atoms with E-state index in [4.69, 9.17) is 5.73 Å². The van der Waals surface area contributed by atoms with Gasteiger partial charge in [-0.05, 0) is 91.9 Å². The van der Waals surface area contributed by atoms with Gasteiger partial charge in [0.25, 0.3) is 0 Å². The first-order valence-electron chi connectivity index (χ1n) is 11.8. The quantitative estimate of drug-likeness (QED) is 0.686. The predicted molar refractivity (Wildman–Crippen MR) is 112 cm³/mol. The topological polar surface area (TPSA) is 60.2 Å². The van der Waals surface area contributed by atoms with Crippen LogP contribution in [0.3, 0.4) is 0 Å². The Labute approximate surface area is 170 Å². The van der Waals surface area contributed by atoms with E-state index in [1.807, 2.05) is 0 Å². The first kappa shape index (κ1) is 20.2. The summed E-state index contributed by atoms with van der Waals surface area (Å²) in [5.41, 5.74) is 6.93. The molecule has 0 spiro atoms. The zero-order valence-electron chi connectivity index (χ0n) is 18.1. The molecule has 3 heteroatoms. The fourth-order valence-electron chi connectivity index (χ4n) is 8.51. The van der Waals surface area contributed by atoms with Gasteiger partial charge in [-0.25, -0.2) is 0 Å². The van der Waals surface area contributed by atoms with Crippen molar-refractivity contribution in [1.29, 1.82) is 0 Å². The highest BCUT2D eigenvalue weighted by molar-refractivity contribution is 5.98. The molecule has 7 atom stereocenters. The van der Waals surface area contributed by atoms with E-state index >= 15 is 0 Å². The summed E-state index contributed by atoms with van der Waals surface area (Å²) in [6, 6.07) is 0. The van der Waals surface area contributed by atoms with Crippen LogP contribution in [-0.2, 0) is 9.59 Å². The smallest absolute Gasteiger partial charge is 0.217 e. The van der Waals surface area contributed by atoms with Crippen LogP contribution in [0.25, 0.3) is 0 Å². The summed E-state index contributed by atoms with van der Waals surface area (Å²) < 4.78 is 0. The molecular formula is C25H39NO2. The van der Waals surface area contributed by atoms with E-state index in [-0.39, 0.29) is 23.5 Å². The van der Waals surface area contributed by atoms with E-state index < -0.39 is 0 Å². The Morgan fingerprint density at radius 1 is 1.04 bits per heavy atom. The Bertz CT molecular complexity index is 682. The van der Waals surface area contributed by atoms with Crippen molar-refractivity contribution in [2.45, 2.75) is 91.4 Å². The van der Waals surface area contributed by atoms with Crippen LogP contribution in [0, 0.1) is 40.4 Å². The molecule has 3 fully saturated rings. The van der Waals surface area contributed by atoms with Crippen molar-refractivity contribution < 1.29 is 9.59 Å². The van der Waals surface area contributed by atoms with Crippen LogP contribution in [0.1, 0.15) is 91.4 Å². The van der Waals surface area contributed by atoms with Crippen molar-refractivity contribution >= 4 is 11.7 Å². The SMILES string of the molecule is CC[C@H]1CC[C@H]2[C@@H]3CCC4CCC=C(C(=O)CCC(N)=O)[C@]4(C)[C@H]3CC[C@]12C. The Hall–Kier alpha value is -1.12. The number of hydrogen-bond donors (Lipinski definition) is 1. The van der Waals surface area contributed by atoms with Crippen LogP contribution in [0.4, 0.5) is 0 Å². The molecule has 3 nitrogen and oxygen atoms in total. The largest absolute Gasteiger partial charge is 0.370 e. The van der Waals surface area contributed by atoms with E-state index in [2.05, 4.69) is 26.8 Å². The van der Waals surface area contributed by atoms with Crippen LogP contribution in [0.5, 0.6) is 0 Å². The lowest BCUT2D eigenvalue weighted by Crippen LogP contribution is -2.54. The summed E-state index contributed by atoms with van der Waals surface area (Å²) in [5.74, 6) is 3.63. The second kappa shape index (κ2) is 7.29. The van der Waals surface area contributed by atoms with E-state index in [1.165, 1.54) is 51.4 Å². The second-order valence-electron chi connectivity index (χ2n) is 10.7. The van der Waals surface area contributed by atoms with Gasteiger partial charge in [0.1, 0.15) is 0 Å². The maximum Gasteiger partial charge on any atom is 0.217 e. The number of fused-ring (bicyclic) bond motifs is 5. The summed E-state index contributed by atoms with van der Waals surface area (Å²) >= 11 is 0. The zero-order valence-corrected chi connectivity index (χ0v) is 18.1. The normalized spacial score (nSPS) is 44.8. The molecule has 156 valence electrons. The maximum absolute atomic E-state index is 13.2. The molecule has 2 N–H and O–H groups in total. The van der Waals surface area contributed by atoms with Crippen LogP contribution in [0.15, 0.2) is 11.6 Å². The minimum absolute atomic E-state index is 0.0154. The average molecular weight is 386 g/mol. The van der Waals surface area contributed by atoms with Crippen molar-refractivity contribution in [2.24, 2.45) is 46.2 Å². The van der Waals surface area contributed by atoms with Gasteiger partial charge in [-0.15, -0.1) is 0 Å². The van der Waals surface area contributed by atoms with E-state index in [0.717, 1.165) is 29.7 Å². The number of carbonyl (C=O) groups excluding carboxylic acids is 2. The molecule has 0 saturated heterocycles. The van der Waals surface area contributed by atoms with Gasteiger partial charge >= 0.3 is 0 Å². The number of nitrogens with two attached hydrogens (primary N) is 1. The minimum atomic E-state index is -0.363. The van der Waals surface area contributed by atoms with Crippen molar-refractivity contribution in [2.75, 3.05) is 0 Å². The molecule has 0 heterocycles. The van der Waals surface area contributed by atoms with Crippen LogP contribution >= 0.6 is 0 Å². The number of amides is 1. The summed E-state index contributed by atoms with van der Waals surface area (Å²) in [6.45, 7) is 7.37. The average Bonchev–Trinajstić information content (AvgIpc) is 3.01. The number of rotatable bonds is 5. The molecule has 0 aromatic carbocycles. The van der Waals surface area contributed by atoms with Gasteiger partial charge in [0.2, 0.25) is 5.91 Å². The fourth-order valence-corrected chi connectivity index (χ4v) is 8.51. The monoisotopic (exact) mass is 385 g/mol. The maximum atomic E-state index is 13.2. The molecule has 4 aliphatic carbocycles. The van der Waals surface area contributed by atoms with Gasteiger partial charge in [-0.1, -0.05) is 33.3 Å². The molecule has 0 aliphatic heterocycles. The van der Waals surface area contributed by atoms with Crippen LogP contribution in [0.2, 0.25) is 0 Å². The molecule has 4 aliphatic rings. The van der Waals surface area contributed by atoms with E-state index in [1.54, 1.807) is 0 Å². The third kappa shape index (κ3) is 2.91. The second-order valence-corrected chi connectivity index (χ2v) is 10.7. The lowest BCUT2D eigenvalue weighted by atomic mass is 9.44. The summed E-state index contributed by atoms with van der Waals surface area (Å²) in [7, 11) is 0. The highest BCUT2D eigenvalue weighted by atomic mass is 16.1. The van der Waals surface area contributed by atoms with Crippen molar-refractivity contribution in [3.8, 4) is 0 Å². The Kier molecular flexibility index (Phi) is 5.25. The van der Waals surface area contributed by atoms with Crippen molar-refractivity contribution in [1.82, 2.24) is 0 Å². The van der Waals surface area contributed by atoms with Crippen molar-refractivity contribution in [3.05, 3.63) is 11.6 Å². The number of hydrogen-bond acceptors (Lipinski definition) is 2. The van der Waals surface area contributed by atoms with Crippen LogP contribution < -0.4 is 5.73 Å². The van der Waals surface area contributed by atoms with Gasteiger partial charge in [0.05, 0.1) is 0 Å². The first-order chi connectivity index (χ1) is 13.3. The first-order valence-corrected chi connectivity index (χ1v) is 11.8. The molecule has 0 aromatic heterocycles. The lowest BCUT2D eigenvalue weighted by Gasteiger charge is -2.60. The molecule has 1 unspecified atom stereocenters. The molecule has 4 rings (SSSR count). The standard InChI is InChI=1S/C25H39NO2/c1-4-16-9-11-19-18-10-8-17-6-5-7-21(22(27)12-13-23(26)28)25(17,3)20(18)14-15-24(16,19)2/h7,16-20H,4-6,8-15H2,1-3H3,(H2,26,28)/t16-,17?,18-,19-,20-,24+,25-/m0/s1. The highest BCUT2D eigenvalue weighted by Gasteiger charge is 2.60. The molecule has 0 radical (unpaired) electrons. The molecule has 3 saturated carbocycles. The number of carbonyl (C=O) groups is 2. The minimum Gasteiger partial charge on any atom is -0.370 e. The van der Waals surface area contributed by atoms with Crippen LogP contribution in [-0.4, -0.2) is 11.7 Å². The fraction of sp³-hybridized carbons (Fsp3) is 0.840. The van der Waals surface area contributed by atoms with Gasteiger partial charge < -0.3 is 5.73 Å². The van der Waals surface area contributed by atoms with E-state index in [0.29, 0.717) is 23.7 Å². The number of primary amides is 1. The van der Waals surface area contributed by atoms with Crippen molar-refractivity contribution in [3.63, 3.8) is 0 Å². The molecular weight excluding hydrogens is 346 g/mol. The third-order valence-corrected chi connectivity index (χ3v) is 9.94. The summed E-state index contributed by atoms with van der Waals surface area (Å²) in [6.07, 6.45) is 14.3. The number of Topliss-reactive ketones (excluding diaryl/α,β-unsaturated/α-hetero) is 1. The summed E-state index contributed by atoms with van der Waals surface area (Å²) in [4.78, 5) is 24.4. The molecule has 0 aromatic rings. The lowest BCUT2D eigenvalue weighted by molar-refractivity contribution is -0.125. The van der Waals surface area contributed by atoms with Gasteiger partial charge in [-0.3, -0.25) is 9.59 Å². The van der Waals surface area contributed by atoms with Gasteiger partial charge in [0.15, 0.2) is 5.78 Å². The van der Waals surface area contributed by atoms with Gasteiger partial charge in [0, 0.05) is 18.3 Å². The highest BCUT2D eigenvalue weighted by Crippen LogP contribution is 2.68. The molecule has 1 amide bonds. The molecule has 0 bridgehead atoms.